The normalized spacial score (nSPS) is 14.0. The van der Waals surface area contributed by atoms with E-state index in [0.717, 1.165) is 36.2 Å². The van der Waals surface area contributed by atoms with Crippen molar-refractivity contribution in [2.24, 2.45) is 0 Å². The second-order valence-corrected chi connectivity index (χ2v) is 7.22. The number of fused-ring (bicyclic) bond motifs is 2. The molecule has 0 saturated heterocycles. The Morgan fingerprint density at radius 1 is 1.35 bits per heavy atom. The third-order valence-corrected chi connectivity index (χ3v) is 5.36. The molecule has 3 heterocycles. The van der Waals surface area contributed by atoms with Gasteiger partial charge in [-0.1, -0.05) is 23.8 Å². The third kappa shape index (κ3) is 3.10. The van der Waals surface area contributed by atoms with Crippen molar-refractivity contribution < 1.29 is 9.53 Å². The van der Waals surface area contributed by atoms with Crippen molar-refractivity contribution in [3.63, 3.8) is 0 Å². The van der Waals surface area contributed by atoms with E-state index in [1.807, 2.05) is 18.2 Å². The number of carbonyl (C=O) groups excluding carboxylic acids is 1. The van der Waals surface area contributed by atoms with Crippen LogP contribution in [-0.4, -0.2) is 32.3 Å². The maximum atomic E-state index is 12.4. The first kappa shape index (κ1) is 16.8. The Morgan fingerprint density at radius 2 is 2.23 bits per heavy atom. The Balaban J connectivity index is 1.52. The van der Waals surface area contributed by atoms with Crippen LogP contribution in [0.5, 0.6) is 5.75 Å². The summed E-state index contributed by atoms with van der Waals surface area (Å²) >= 11 is 1.36. The van der Waals surface area contributed by atoms with E-state index >= 15 is 0 Å². The monoisotopic (exact) mass is 373 g/mol. The largest absolute Gasteiger partial charge is 0.494 e. The van der Waals surface area contributed by atoms with Crippen molar-refractivity contribution in [3.05, 3.63) is 34.5 Å². The van der Waals surface area contributed by atoms with Crippen LogP contribution in [0.25, 0.3) is 10.2 Å². The van der Waals surface area contributed by atoms with Crippen LogP contribution in [0.4, 0.5) is 5.13 Å². The first-order valence-electron chi connectivity index (χ1n) is 8.55. The lowest BCUT2D eigenvalue weighted by molar-refractivity contribution is -0.117. The molecule has 0 fully saturated rings. The number of nitrogens with one attached hydrogen (secondary N) is 1. The summed E-state index contributed by atoms with van der Waals surface area (Å²) in [6.45, 7) is 0.555. The van der Waals surface area contributed by atoms with Gasteiger partial charge in [0.05, 0.1) is 11.8 Å². The molecule has 8 nitrogen and oxygen atoms in total. The Morgan fingerprint density at radius 3 is 3.08 bits per heavy atom. The summed E-state index contributed by atoms with van der Waals surface area (Å²) in [5.41, 5.74) is 0.490. The number of aryl methyl sites for hydroxylation is 1. The minimum Gasteiger partial charge on any atom is -0.494 e. The third-order valence-electron chi connectivity index (χ3n) is 4.42. The van der Waals surface area contributed by atoms with E-state index in [1.165, 1.54) is 16.0 Å². The lowest BCUT2D eigenvalue weighted by Crippen LogP contribution is -2.30. The molecule has 9 heteroatoms. The summed E-state index contributed by atoms with van der Waals surface area (Å²) in [6.07, 6.45) is 3.88. The zero-order chi connectivity index (χ0) is 18.1. The quantitative estimate of drug-likeness (QED) is 0.756. The van der Waals surface area contributed by atoms with Gasteiger partial charge in [0.15, 0.2) is 5.13 Å². The van der Waals surface area contributed by atoms with Crippen LogP contribution in [0.1, 0.15) is 25.1 Å². The van der Waals surface area contributed by atoms with Gasteiger partial charge < -0.3 is 10.1 Å². The molecular formula is C17H19N5O3S. The number of thiazole rings is 1. The van der Waals surface area contributed by atoms with E-state index in [9.17, 15) is 9.59 Å². The highest BCUT2D eigenvalue weighted by Gasteiger charge is 2.18. The predicted molar refractivity (Wildman–Crippen MR) is 98.8 cm³/mol. The van der Waals surface area contributed by atoms with Gasteiger partial charge in [0, 0.05) is 13.0 Å². The Bertz CT molecular complexity index is 1020. The summed E-state index contributed by atoms with van der Waals surface area (Å²) in [5.74, 6) is 1.11. The molecule has 1 aliphatic rings. The molecule has 1 N–H and O–H groups in total. The number of amides is 1. The molecule has 26 heavy (non-hydrogen) atoms. The number of anilines is 1. The number of aromatic nitrogens is 4. The Labute approximate surface area is 153 Å². The Kier molecular flexibility index (Phi) is 4.46. The van der Waals surface area contributed by atoms with Crippen molar-refractivity contribution in [3.8, 4) is 5.75 Å². The summed E-state index contributed by atoms with van der Waals surface area (Å²) in [7, 11) is 1.58. The molecule has 1 amide bonds. The Hall–Kier alpha value is -2.68. The SMILES string of the molecule is COc1cccc2sc(NC(=O)Cn3nc4n(c3=O)CCCCC4)nc12. The van der Waals surface area contributed by atoms with Crippen LogP contribution in [0.15, 0.2) is 23.0 Å². The van der Waals surface area contributed by atoms with Crippen molar-refractivity contribution in [1.29, 1.82) is 0 Å². The van der Waals surface area contributed by atoms with E-state index in [4.69, 9.17) is 4.74 Å². The number of hydrogen-bond acceptors (Lipinski definition) is 6. The van der Waals surface area contributed by atoms with Crippen LogP contribution >= 0.6 is 11.3 Å². The highest BCUT2D eigenvalue weighted by atomic mass is 32.1. The first-order valence-corrected chi connectivity index (χ1v) is 9.37. The minimum absolute atomic E-state index is 0.119. The van der Waals surface area contributed by atoms with Gasteiger partial charge in [0.1, 0.15) is 23.6 Å². The topological polar surface area (TPSA) is 91.0 Å². The van der Waals surface area contributed by atoms with Crippen LogP contribution < -0.4 is 15.7 Å². The van der Waals surface area contributed by atoms with E-state index in [-0.39, 0.29) is 18.1 Å². The predicted octanol–water partition coefficient (Wildman–Crippen LogP) is 2.03. The van der Waals surface area contributed by atoms with Gasteiger partial charge >= 0.3 is 5.69 Å². The lowest BCUT2D eigenvalue weighted by Gasteiger charge is -2.01. The van der Waals surface area contributed by atoms with Crippen molar-refractivity contribution in [2.45, 2.75) is 38.8 Å². The molecule has 2 aromatic heterocycles. The number of nitrogens with zero attached hydrogens (tertiary/aromatic N) is 4. The van der Waals surface area contributed by atoms with E-state index < -0.39 is 0 Å². The lowest BCUT2D eigenvalue weighted by atomic mass is 10.2. The second kappa shape index (κ2) is 6.91. The fourth-order valence-electron chi connectivity index (χ4n) is 3.16. The summed E-state index contributed by atoms with van der Waals surface area (Å²) in [4.78, 5) is 29.2. The first-order chi connectivity index (χ1) is 12.7. The fraction of sp³-hybridized carbons (Fsp3) is 0.412. The van der Waals surface area contributed by atoms with Gasteiger partial charge in [-0.3, -0.25) is 9.36 Å². The summed E-state index contributed by atoms with van der Waals surface area (Å²) < 4.78 is 9.13. The molecule has 0 saturated carbocycles. The molecule has 3 aromatic rings. The molecule has 0 aliphatic carbocycles. The van der Waals surface area contributed by atoms with E-state index in [0.29, 0.717) is 22.9 Å². The van der Waals surface area contributed by atoms with Gasteiger partial charge in [-0.25, -0.2) is 14.5 Å². The standard InChI is InChI=1S/C17H19N5O3S/c1-25-11-6-5-7-12-15(11)19-16(26-12)18-14(23)10-22-17(24)21-9-4-2-3-8-13(21)20-22/h5-7H,2-4,8-10H2,1H3,(H,18,19,23). The molecule has 4 rings (SSSR count). The maximum Gasteiger partial charge on any atom is 0.346 e. The molecule has 0 atom stereocenters. The van der Waals surface area contributed by atoms with Crippen molar-refractivity contribution in [1.82, 2.24) is 19.3 Å². The molecule has 0 bridgehead atoms. The molecule has 136 valence electrons. The van der Waals surface area contributed by atoms with Crippen LogP contribution in [-0.2, 0) is 24.3 Å². The number of ether oxygens (including phenoxy) is 1. The van der Waals surface area contributed by atoms with Gasteiger partial charge in [0.25, 0.3) is 0 Å². The number of hydrogen-bond donors (Lipinski definition) is 1. The molecule has 1 aromatic carbocycles. The number of benzene rings is 1. The smallest absolute Gasteiger partial charge is 0.346 e. The van der Waals surface area contributed by atoms with Crippen molar-refractivity contribution >= 4 is 32.6 Å². The zero-order valence-electron chi connectivity index (χ0n) is 14.4. The highest BCUT2D eigenvalue weighted by molar-refractivity contribution is 7.22. The van der Waals surface area contributed by atoms with Gasteiger partial charge in [0.2, 0.25) is 5.91 Å². The fourth-order valence-corrected chi connectivity index (χ4v) is 4.06. The minimum atomic E-state index is -0.321. The molecular weight excluding hydrogens is 354 g/mol. The average molecular weight is 373 g/mol. The highest BCUT2D eigenvalue weighted by Crippen LogP contribution is 2.31. The number of methoxy groups -OCH3 is 1. The average Bonchev–Trinajstić information content (AvgIpc) is 3.06. The molecule has 0 radical (unpaired) electrons. The summed E-state index contributed by atoms with van der Waals surface area (Å²) in [5, 5.41) is 7.56. The number of carbonyl (C=O) groups is 1. The number of rotatable bonds is 4. The van der Waals surface area contributed by atoms with Crippen LogP contribution in [0.2, 0.25) is 0 Å². The summed E-state index contributed by atoms with van der Waals surface area (Å²) in [6, 6.07) is 5.62. The molecule has 0 spiro atoms. The second-order valence-electron chi connectivity index (χ2n) is 6.19. The molecule has 0 unspecified atom stereocenters. The van der Waals surface area contributed by atoms with E-state index in [2.05, 4.69) is 15.4 Å². The van der Waals surface area contributed by atoms with E-state index in [1.54, 1.807) is 11.7 Å². The molecule has 1 aliphatic heterocycles. The van der Waals surface area contributed by atoms with Gasteiger partial charge in [-0.2, -0.15) is 5.10 Å². The van der Waals surface area contributed by atoms with Crippen LogP contribution in [0.3, 0.4) is 0 Å². The maximum absolute atomic E-state index is 12.4. The van der Waals surface area contributed by atoms with Crippen LogP contribution in [0, 0.1) is 0 Å². The van der Waals surface area contributed by atoms with Crippen molar-refractivity contribution in [2.75, 3.05) is 12.4 Å². The van der Waals surface area contributed by atoms with Gasteiger partial charge in [-0.15, -0.1) is 0 Å². The number of para-hydroxylation sites is 1. The zero-order valence-corrected chi connectivity index (χ0v) is 15.2. The van der Waals surface area contributed by atoms with Gasteiger partial charge in [-0.05, 0) is 25.0 Å².